The van der Waals surface area contributed by atoms with Gasteiger partial charge in [-0.3, -0.25) is 4.98 Å². The Balaban J connectivity index is 1.45. The predicted octanol–water partition coefficient (Wildman–Crippen LogP) is 7.84. The molecule has 1 aromatic heterocycles. The van der Waals surface area contributed by atoms with E-state index in [2.05, 4.69) is 79.5 Å². The van der Waals surface area contributed by atoms with E-state index >= 15 is 0 Å². The number of unbranched alkanes of at least 4 members (excludes halogenated alkanes) is 4. The topological polar surface area (TPSA) is 22.1 Å². The summed E-state index contributed by atoms with van der Waals surface area (Å²) in [5.41, 5.74) is 6.35. The number of aryl methyl sites for hydroxylation is 3. The van der Waals surface area contributed by atoms with Crippen LogP contribution < -0.4 is 4.74 Å². The molecule has 0 N–H and O–H groups in total. The van der Waals surface area contributed by atoms with Crippen LogP contribution in [0, 0.1) is 0 Å². The molecular weight excluding hydrogens is 378 g/mol. The molecule has 2 nitrogen and oxygen atoms in total. The van der Waals surface area contributed by atoms with Crippen LogP contribution in [0.2, 0.25) is 0 Å². The van der Waals surface area contributed by atoms with E-state index in [1.807, 2.05) is 6.20 Å². The van der Waals surface area contributed by atoms with Crippen LogP contribution in [0.25, 0.3) is 11.1 Å². The van der Waals surface area contributed by atoms with Crippen molar-refractivity contribution in [3.8, 4) is 16.9 Å². The van der Waals surface area contributed by atoms with Crippen molar-refractivity contribution in [1.82, 2.24) is 4.98 Å². The first-order valence-electron chi connectivity index (χ1n) is 12.0. The molecule has 0 aliphatic heterocycles. The summed E-state index contributed by atoms with van der Waals surface area (Å²) in [5.74, 6) is 0.967. The third-order valence-electron chi connectivity index (χ3n) is 5.75. The molecule has 0 spiro atoms. The SMILES string of the molecule is CCCCCCCOc1ccc(-c2ccc(CCc3ccc(CCC)nc3)cc2)cc1. The van der Waals surface area contributed by atoms with E-state index < -0.39 is 0 Å². The highest BCUT2D eigenvalue weighted by atomic mass is 16.5. The molecule has 0 atom stereocenters. The minimum Gasteiger partial charge on any atom is -0.494 e. The Kier molecular flexibility index (Phi) is 9.63. The fraction of sp³-hybridized carbons (Fsp3) is 0.414. The van der Waals surface area contributed by atoms with E-state index in [1.165, 1.54) is 53.6 Å². The fourth-order valence-electron chi connectivity index (χ4n) is 3.80. The zero-order valence-corrected chi connectivity index (χ0v) is 19.3. The van der Waals surface area contributed by atoms with Gasteiger partial charge in [0.2, 0.25) is 0 Å². The van der Waals surface area contributed by atoms with E-state index in [-0.39, 0.29) is 0 Å². The van der Waals surface area contributed by atoms with Gasteiger partial charge >= 0.3 is 0 Å². The Bertz CT molecular complexity index is 866. The molecule has 0 aliphatic rings. The molecule has 0 aliphatic carbocycles. The highest BCUT2D eigenvalue weighted by Gasteiger charge is 2.02. The largest absolute Gasteiger partial charge is 0.494 e. The minimum atomic E-state index is 0.814. The van der Waals surface area contributed by atoms with E-state index in [9.17, 15) is 0 Å². The quantitative estimate of drug-likeness (QED) is 0.265. The second kappa shape index (κ2) is 12.9. The lowest BCUT2D eigenvalue weighted by Gasteiger charge is -2.08. The van der Waals surface area contributed by atoms with E-state index in [0.717, 1.165) is 44.5 Å². The summed E-state index contributed by atoms with van der Waals surface area (Å²) in [6.45, 7) is 5.25. The fourth-order valence-corrected chi connectivity index (χ4v) is 3.80. The van der Waals surface area contributed by atoms with Crippen molar-refractivity contribution in [3.05, 3.63) is 83.7 Å². The molecule has 2 heteroatoms. The Morgan fingerprint density at radius 1 is 0.613 bits per heavy atom. The number of benzene rings is 2. The van der Waals surface area contributed by atoms with E-state index in [0.29, 0.717) is 0 Å². The van der Waals surface area contributed by atoms with E-state index in [4.69, 9.17) is 4.74 Å². The highest BCUT2D eigenvalue weighted by molar-refractivity contribution is 5.64. The van der Waals surface area contributed by atoms with Crippen molar-refractivity contribution in [1.29, 1.82) is 0 Å². The molecule has 2 aromatic carbocycles. The van der Waals surface area contributed by atoms with Crippen molar-refractivity contribution < 1.29 is 4.74 Å². The highest BCUT2D eigenvalue weighted by Crippen LogP contribution is 2.23. The van der Waals surface area contributed by atoms with Crippen LogP contribution in [0.4, 0.5) is 0 Å². The maximum absolute atomic E-state index is 5.89. The van der Waals surface area contributed by atoms with Gasteiger partial charge in [0, 0.05) is 11.9 Å². The summed E-state index contributed by atoms with van der Waals surface area (Å²) >= 11 is 0. The first kappa shape index (κ1) is 23.1. The average Bonchev–Trinajstić information content (AvgIpc) is 2.82. The van der Waals surface area contributed by atoms with Gasteiger partial charge < -0.3 is 4.74 Å². The number of rotatable bonds is 13. The third kappa shape index (κ3) is 7.86. The van der Waals surface area contributed by atoms with Crippen molar-refractivity contribution in [2.75, 3.05) is 6.61 Å². The Labute approximate surface area is 188 Å². The number of pyridine rings is 1. The van der Waals surface area contributed by atoms with Crippen LogP contribution in [0.15, 0.2) is 66.9 Å². The lowest BCUT2D eigenvalue weighted by atomic mass is 10.0. The van der Waals surface area contributed by atoms with Gasteiger partial charge in [-0.2, -0.15) is 0 Å². The van der Waals surface area contributed by atoms with Crippen LogP contribution in [0.1, 0.15) is 69.2 Å². The summed E-state index contributed by atoms with van der Waals surface area (Å²) < 4.78 is 5.89. The number of hydrogen-bond acceptors (Lipinski definition) is 2. The zero-order valence-electron chi connectivity index (χ0n) is 19.3. The van der Waals surface area contributed by atoms with Crippen LogP contribution >= 0.6 is 0 Å². The van der Waals surface area contributed by atoms with Gasteiger partial charge in [-0.15, -0.1) is 0 Å². The van der Waals surface area contributed by atoms with Gasteiger partial charge in [0.05, 0.1) is 6.61 Å². The molecule has 3 aromatic rings. The van der Waals surface area contributed by atoms with Crippen LogP contribution in [0.3, 0.4) is 0 Å². The van der Waals surface area contributed by atoms with Crippen LogP contribution in [-0.4, -0.2) is 11.6 Å². The van der Waals surface area contributed by atoms with E-state index in [1.54, 1.807) is 0 Å². The average molecular weight is 416 g/mol. The predicted molar refractivity (Wildman–Crippen MR) is 132 cm³/mol. The molecule has 0 saturated carbocycles. The van der Waals surface area contributed by atoms with Gasteiger partial charge in [0.15, 0.2) is 0 Å². The summed E-state index contributed by atoms with van der Waals surface area (Å²) in [6.07, 6.45) is 12.7. The third-order valence-corrected chi connectivity index (χ3v) is 5.75. The number of aromatic nitrogens is 1. The summed E-state index contributed by atoms with van der Waals surface area (Å²) in [5, 5.41) is 0. The molecule has 0 unspecified atom stereocenters. The Morgan fingerprint density at radius 3 is 1.90 bits per heavy atom. The molecule has 0 fully saturated rings. The van der Waals surface area contributed by atoms with Crippen molar-refractivity contribution >= 4 is 0 Å². The van der Waals surface area contributed by atoms with Crippen molar-refractivity contribution in [2.24, 2.45) is 0 Å². The molecule has 3 rings (SSSR count). The van der Waals surface area contributed by atoms with Gasteiger partial charge in [-0.1, -0.05) is 88.4 Å². The van der Waals surface area contributed by atoms with Gasteiger partial charge in [0.1, 0.15) is 5.75 Å². The normalized spacial score (nSPS) is 10.9. The van der Waals surface area contributed by atoms with Crippen molar-refractivity contribution in [2.45, 2.75) is 71.6 Å². The molecular formula is C29H37NO. The lowest BCUT2D eigenvalue weighted by Crippen LogP contribution is -1.97. The zero-order chi connectivity index (χ0) is 21.7. The van der Waals surface area contributed by atoms with Gasteiger partial charge in [-0.25, -0.2) is 0 Å². The monoisotopic (exact) mass is 415 g/mol. The molecule has 1 heterocycles. The first-order chi connectivity index (χ1) is 15.3. The minimum absolute atomic E-state index is 0.814. The Hall–Kier alpha value is -2.61. The van der Waals surface area contributed by atoms with Gasteiger partial charge in [0.25, 0.3) is 0 Å². The summed E-state index contributed by atoms with van der Waals surface area (Å²) in [4.78, 5) is 4.57. The second-order valence-electron chi connectivity index (χ2n) is 8.39. The second-order valence-corrected chi connectivity index (χ2v) is 8.39. The summed E-state index contributed by atoms with van der Waals surface area (Å²) in [6, 6.07) is 21.8. The maximum Gasteiger partial charge on any atom is 0.119 e. The standard InChI is InChI=1S/C29H37NO/c1-3-5-6-7-8-22-31-29-20-17-27(18-21-29)26-15-12-24(13-16-26)10-11-25-14-19-28(9-4-2)30-23-25/h12-21,23H,3-11,22H2,1-2H3. The number of nitrogens with zero attached hydrogens (tertiary/aromatic N) is 1. The number of ether oxygens (including phenoxy) is 1. The summed E-state index contributed by atoms with van der Waals surface area (Å²) in [7, 11) is 0. The van der Waals surface area contributed by atoms with Gasteiger partial charge in [-0.05, 0) is 66.1 Å². The number of hydrogen-bond donors (Lipinski definition) is 0. The smallest absolute Gasteiger partial charge is 0.119 e. The van der Waals surface area contributed by atoms with Crippen LogP contribution in [-0.2, 0) is 19.3 Å². The molecule has 0 saturated heterocycles. The maximum atomic E-state index is 5.89. The lowest BCUT2D eigenvalue weighted by molar-refractivity contribution is 0.304. The molecule has 164 valence electrons. The molecule has 0 amide bonds. The molecule has 0 bridgehead atoms. The Morgan fingerprint density at radius 2 is 1.26 bits per heavy atom. The van der Waals surface area contributed by atoms with Crippen molar-refractivity contribution in [3.63, 3.8) is 0 Å². The van der Waals surface area contributed by atoms with Crippen LogP contribution in [0.5, 0.6) is 5.75 Å². The molecule has 0 radical (unpaired) electrons. The molecule has 31 heavy (non-hydrogen) atoms. The first-order valence-corrected chi connectivity index (χ1v) is 12.0.